The van der Waals surface area contributed by atoms with Crippen molar-refractivity contribution in [2.24, 2.45) is 5.92 Å². The molecule has 1 aliphatic rings. The first kappa shape index (κ1) is 12.2. The van der Waals surface area contributed by atoms with E-state index in [1.807, 2.05) is 26.8 Å². The highest BCUT2D eigenvalue weighted by Crippen LogP contribution is 2.31. The van der Waals surface area contributed by atoms with Crippen molar-refractivity contribution in [3.05, 3.63) is 12.2 Å². The molecule has 1 rings (SSSR count). The molecule has 1 aliphatic carbocycles. The zero-order valence-electron chi connectivity index (χ0n) is 9.91. The van der Waals surface area contributed by atoms with Gasteiger partial charge in [-0.2, -0.15) is 0 Å². The number of hydrogen-bond donors (Lipinski definition) is 1. The minimum Gasteiger partial charge on any atom is -0.460 e. The SMILES string of the molecule is CC(C(=O)OC(C)(C)C)C1(O)C=CCC1. The lowest BCUT2D eigenvalue weighted by Gasteiger charge is -2.29. The van der Waals surface area contributed by atoms with Crippen LogP contribution in [-0.2, 0) is 9.53 Å². The van der Waals surface area contributed by atoms with Crippen LogP contribution in [0.3, 0.4) is 0 Å². The van der Waals surface area contributed by atoms with Crippen molar-refractivity contribution in [3.8, 4) is 0 Å². The van der Waals surface area contributed by atoms with Crippen LogP contribution >= 0.6 is 0 Å². The average Bonchev–Trinajstić information content (AvgIpc) is 2.49. The lowest BCUT2D eigenvalue weighted by atomic mass is 9.88. The van der Waals surface area contributed by atoms with Crippen molar-refractivity contribution in [1.29, 1.82) is 0 Å². The zero-order valence-corrected chi connectivity index (χ0v) is 9.91. The van der Waals surface area contributed by atoms with E-state index in [1.165, 1.54) is 0 Å². The molecule has 0 aromatic carbocycles. The summed E-state index contributed by atoms with van der Waals surface area (Å²) in [7, 11) is 0. The average molecular weight is 212 g/mol. The van der Waals surface area contributed by atoms with Crippen molar-refractivity contribution in [2.75, 3.05) is 0 Å². The van der Waals surface area contributed by atoms with E-state index in [-0.39, 0.29) is 5.97 Å². The minimum absolute atomic E-state index is 0.337. The first-order valence-corrected chi connectivity index (χ1v) is 5.37. The monoisotopic (exact) mass is 212 g/mol. The third-order valence-electron chi connectivity index (χ3n) is 2.63. The summed E-state index contributed by atoms with van der Waals surface area (Å²) >= 11 is 0. The first-order valence-electron chi connectivity index (χ1n) is 5.37. The van der Waals surface area contributed by atoms with Gasteiger partial charge in [-0.15, -0.1) is 0 Å². The fourth-order valence-corrected chi connectivity index (χ4v) is 1.64. The molecule has 3 nitrogen and oxygen atoms in total. The molecule has 86 valence electrons. The molecule has 2 atom stereocenters. The molecule has 0 spiro atoms. The van der Waals surface area contributed by atoms with Crippen molar-refractivity contribution in [1.82, 2.24) is 0 Å². The molecule has 0 saturated carbocycles. The zero-order chi connectivity index (χ0) is 11.7. The van der Waals surface area contributed by atoms with Crippen LogP contribution in [0.5, 0.6) is 0 Å². The number of carbonyl (C=O) groups excluding carboxylic acids is 1. The molecule has 3 heteroatoms. The van der Waals surface area contributed by atoms with Crippen LogP contribution in [0.25, 0.3) is 0 Å². The molecular formula is C12H20O3. The Kier molecular flexibility index (Phi) is 3.24. The van der Waals surface area contributed by atoms with E-state index in [2.05, 4.69) is 0 Å². The number of allylic oxidation sites excluding steroid dienone is 1. The van der Waals surface area contributed by atoms with Gasteiger partial charge in [-0.1, -0.05) is 12.2 Å². The molecule has 0 aromatic rings. The Bertz CT molecular complexity index is 275. The maximum absolute atomic E-state index is 11.7. The molecule has 0 bridgehead atoms. The summed E-state index contributed by atoms with van der Waals surface area (Å²) < 4.78 is 5.24. The first-order chi connectivity index (χ1) is 6.75. The number of aliphatic hydroxyl groups is 1. The van der Waals surface area contributed by atoms with Crippen LogP contribution in [0.4, 0.5) is 0 Å². The number of rotatable bonds is 2. The van der Waals surface area contributed by atoms with Crippen LogP contribution in [0.1, 0.15) is 40.5 Å². The van der Waals surface area contributed by atoms with Crippen molar-refractivity contribution in [2.45, 2.75) is 51.7 Å². The molecule has 0 radical (unpaired) electrons. The van der Waals surface area contributed by atoms with Gasteiger partial charge >= 0.3 is 5.97 Å². The van der Waals surface area contributed by atoms with Gasteiger partial charge in [0, 0.05) is 0 Å². The highest BCUT2D eigenvalue weighted by molar-refractivity contribution is 5.74. The molecule has 0 amide bonds. The molecular weight excluding hydrogens is 192 g/mol. The largest absolute Gasteiger partial charge is 0.460 e. The van der Waals surface area contributed by atoms with E-state index in [4.69, 9.17) is 4.74 Å². The molecule has 2 unspecified atom stereocenters. The lowest BCUT2D eigenvalue weighted by Crippen LogP contribution is -2.40. The van der Waals surface area contributed by atoms with E-state index in [0.29, 0.717) is 6.42 Å². The number of ether oxygens (including phenoxy) is 1. The topological polar surface area (TPSA) is 46.5 Å². The van der Waals surface area contributed by atoms with Crippen LogP contribution < -0.4 is 0 Å². The van der Waals surface area contributed by atoms with Gasteiger partial charge in [0.1, 0.15) is 5.60 Å². The third kappa shape index (κ3) is 3.06. The van der Waals surface area contributed by atoms with Gasteiger partial charge in [-0.3, -0.25) is 4.79 Å². The van der Waals surface area contributed by atoms with E-state index in [9.17, 15) is 9.90 Å². The highest BCUT2D eigenvalue weighted by atomic mass is 16.6. The summed E-state index contributed by atoms with van der Waals surface area (Å²) in [5, 5.41) is 10.1. The predicted octanol–water partition coefficient (Wildman–Crippen LogP) is 2.05. The summed E-state index contributed by atoms with van der Waals surface area (Å²) in [5.74, 6) is -0.841. The minimum atomic E-state index is -1.01. The maximum Gasteiger partial charge on any atom is 0.312 e. The standard InChI is InChI=1S/C12H20O3/c1-9(10(13)15-11(2,3)4)12(14)7-5-6-8-12/h5,7,9,14H,6,8H2,1-4H3. The van der Waals surface area contributed by atoms with Crippen molar-refractivity contribution >= 4 is 5.97 Å². The fraction of sp³-hybridized carbons (Fsp3) is 0.750. The van der Waals surface area contributed by atoms with Gasteiger partial charge < -0.3 is 9.84 Å². The Hall–Kier alpha value is -0.830. The predicted molar refractivity (Wildman–Crippen MR) is 58.3 cm³/mol. The van der Waals surface area contributed by atoms with Crippen LogP contribution in [0.15, 0.2) is 12.2 Å². The normalized spacial score (nSPS) is 27.8. The molecule has 1 N–H and O–H groups in total. The molecule has 0 aromatic heterocycles. The maximum atomic E-state index is 11.7. The summed E-state index contributed by atoms with van der Waals surface area (Å²) in [6.45, 7) is 7.19. The summed E-state index contributed by atoms with van der Waals surface area (Å²) in [6.07, 6.45) is 5.04. The highest BCUT2D eigenvalue weighted by Gasteiger charge is 2.39. The summed E-state index contributed by atoms with van der Waals surface area (Å²) in [5.41, 5.74) is -1.51. The van der Waals surface area contributed by atoms with E-state index in [0.717, 1.165) is 6.42 Å². The van der Waals surface area contributed by atoms with Gasteiger partial charge in [-0.25, -0.2) is 0 Å². The Balaban J connectivity index is 2.64. The van der Waals surface area contributed by atoms with Gasteiger partial charge in [0.05, 0.1) is 11.5 Å². The number of esters is 1. The van der Waals surface area contributed by atoms with Crippen LogP contribution in [0.2, 0.25) is 0 Å². The van der Waals surface area contributed by atoms with E-state index >= 15 is 0 Å². The molecule has 15 heavy (non-hydrogen) atoms. The van der Waals surface area contributed by atoms with Gasteiger partial charge in [0.15, 0.2) is 0 Å². The van der Waals surface area contributed by atoms with Gasteiger partial charge in [0.2, 0.25) is 0 Å². The second-order valence-corrected chi connectivity index (χ2v) is 5.19. The Morgan fingerprint density at radius 2 is 2.13 bits per heavy atom. The number of carbonyl (C=O) groups is 1. The number of hydrogen-bond acceptors (Lipinski definition) is 3. The van der Waals surface area contributed by atoms with E-state index < -0.39 is 17.1 Å². The Morgan fingerprint density at radius 1 is 1.53 bits per heavy atom. The summed E-state index contributed by atoms with van der Waals surface area (Å²) in [6, 6.07) is 0. The van der Waals surface area contributed by atoms with Crippen LogP contribution in [0, 0.1) is 5.92 Å². The molecule has 0 saturated heterocycles. The van der Waals surface area contributed by atoms with Gasteiger partial charge in [0.25, 0.3) is 0 Å². The van der Waals surface area contributed by atoms with Crippen molar-refractivity contribution < 1.29 is 14.6 Å². The Labute approximate surface area is 91.1 Å². The smallest absolute Gasteiger partial charge is 0.312 e. The van der Waals surface area contributed by atoms with Crippen LogP contribution in [-0.4, -0.2) is 22.3 Å². The quantitative estimate of drug-likeness (QED) is 0.563. The second kappa shape index (κ2) is 3.97. The second-order valence-electron chi connectivity index (χ2n) is 5.19. The fourth-order valence-electron chi connectivity index (χ4n) is 1.64. The van der Waals surface area contributed by atoms with Crippen molar-refractivity contribution in [3.63, 3.8) is 0 Å². The van der Waals surface area contributed by atoms with E-state index in [1.54, 1.807) is 13.0 Å². The molecule has 0 fully saturated rings. The third-order valence-corrected chi connectivity index (χ3v) is 2.63. The summed E-state index contributed by atoms with van der Waals surface area (Å²) in [4.78, 5) is 11.7. The molecule has 0 heterocycles. The Morgan fingerprint density at radius 3 is 2.53 bits per heavy atom. The molecule has 0 aliphatic heterocycles. The lowest BCUT2D eigenvalue weighted by molar-refractivity contribution is -0.166. The van der Waals surface area contributed by atoms with Gasteiger partial charge in [-0.05, 0) is 40.5 Å².